The SMILES string of the molecule is O=Cc1cccn1-c1ccccc1Br. The second-order valence-corrected chi connectivity index (χ2v) is 3.73. The summed E-state index contributed by atoms with van der Waals surface area (Å²) >= 11 is 3.44. The fourth-order valence-electron chi connectivity index (χ4n) is 1.36. The summed E-state index contributed by atoms with van der Waals surface area (Å²) in [6, 6.07) is 11.4. The Morgan fingerprint density at radius 2 is 1.93 bits per heavy atom. The van der Waals surface area contributed by atoms with Gasteiger partial charge < -0.3 is 4.57 Å². The predicted molar refractivity (Wildman–Crippen MR) is 58.9 cm³/mol. The second-order valence-electron chi connectivity index (χ2n) is 2.87. The molecule has 1 aromatic heterocycles. The third kappa shape index (κ3) is 1.51. The molecule has 0 radical (unpaired) electrons. The van der Waals surface area contributed by atoms with Crippen LogP contribution in [-0.4, -0.2) is 10.9 Å². The molecule has 3 heteroatoms. The summed E-state index contributed by atoms with van der Waals surface area (Å²) in [7, 11) is 0. The van der Waals surface area contributed by atoms with E-state index in [0.717, 1.165) is 16.4 Å². The molecule has 14 heavy (non-hydrogen) atoms. The fourth-order valence-corrected chi connectivity index (χ4v) is 1.83. The summed E-state index contributed by atoms with van der Waals surface area (Å²) < 4.78 is 2.82. The molecule has 1 heterocycles. The number of carbonyl (C=O) groups excluding carboxylic acids is 1. The maximum atomic E-state index is 10.7. The molecular formula is C11H8BrNO. The van der Waals surface area contributed by atoms with Crippen molar-refractivity contribution in [3.05, 3.63) is 52.8 Å². The third-order valence-electron chi connectivity index (χ3n) is 2.01. The zero-order valence-electron chi connectivity index (χ0n) is 7.35. The van der Waals surface area contributed by atoms with Crippen molar-refractivity contribution in [1.82, 2.24) is 4.57 Å². The zero-order valence-corrected chi connectivity index (χ0v) is 8.94. The highest BCUT2D eigenvalue weighted by Crippen LogP contribution is 2.21. The Bertz CT molecular complexity index is 462. The highest BCUT2D eigenvalue weighted by Gasteiger charge is 2.04. The van der Waals surface area contributed by atoms with Gasteiger partial charge in [-0.2, -0.15) is 0 Å². The Balaban J connectivity index is 2.60. The molecule has 0 bridgehead atoms. The van der Waals surface area contributed by atoms with Crippen molar-refractivity contribution < 1.29 is 4.79 Å². The number of benzene rings is 1. The Hall–Kier alpha value is -1.35. The molecule has 0 amide bonds. The first-order valence-electron chi connectivity index (χ1n) is 4.20. The minimum Gasteiger partial charge on any atom is -0.313 e. The monoisotopic (exact) mass is 249 g/mol. The third-order valence-corrected chi connectivity index (χ3v) is 2.68. The van der Waals surface area contributed by atoms with Crippen molar-refractivity contribution in [2.45, 2.75) is 0 Å². The van der Waals surface area contributed by atoms with Gasteiger partial charge in [-0.25, -0.2) is 0 Å². The first-order chi connectivity index (χ1) is 6.83. The summed E-state index contributed by atoms with van der Waals surface area (Å²) in [4.78, 5) is 10.7. The summed E-state index contributed by atoms with van der Waals surface area (Å²) in [5, 5.41) is 0. The van der Waals surface area contributed by atoms with Gasteiger partial charge in [0.15, 0.2) is 6.29 Å². The van der Waals surface area contributed by atoms with Crippen molar-refractivity contribution in [3.8, 4) is 5.69 Å². The lowest BCUT2D eigenvalue weighted by molar-refractivity contribution is 0.111. The van der Waals surface area contributed by atoms with Crippen molar-refractivity contribution in [2.75, 3.05) is 0 Å². The van der Waals surface area contributed by atoms with E-state index >= 15 is 0 Å². The molecule has 0 aliphatic rings. The largest absolute Gasteiger partial charge is 0.313 e. The summed E-state index contributed by atoms with van der Waals surface area (Å²) in [6.45, 7) is 0. The average Bonchev–Trinajstić information content (AvgIpc) is 2.66. The lowest BCUT2D eigenvalue weighted by Gasteiger charge is -2.06. The van der Waals surface area contributed by atoms with Crippen LogP contribution in [0.2, 0.25) is 0 Å². The first-order valence-corrected chi connectivity index (χ1v) is 4.99. The Morgan fingerprint density at radius 3 is 2.64 bits per heavy atom. The summed E-state index contributed by atoms with van der Waals surface area (Å²) in [5.41, 5.74) is 1.62. The van der Waals surface area contributed by atoms with Crippen LogP contribution in [-0.2, 0) is 0 Å². The fraction of sp³-hybridized carbons (Fsp3) is 0. The topological polar surface area (TPSA) is 22.0 Å². The molecule has 0 aliphatic carbocycles. The van der Waals surface area contributed by atoms with Gasteiger partial charge in [-0.05, 0) is 40.2 Å². The van der Waals surface area contributed by atoms with Crippen LogP contribution >= 0.6 is 15.9 Å². The summed E-state index contributed by atoms with van der Waals surface area (Å²) in [6.07, 6.45) is 2.71. The molecular weight excluding hydrogens is 242 g/mol. The van der Waals surface area contributed by atoms with Crippen LogP contribution in [0.5, 0.6) is 0 Å². The van der Waals surface area contributed by atoms with Gasteiger partial charge in [-0.3, -0.25) is 4.79 Å². The zero-order chi connectivity index (χ0) is 9.97. The van der Waals surface area contributed by atoms with E-state index in [1.165, 1.54) is 0 Å². The van der Waals surface area contributed by atoms with Gasteiger partial charge >= 0.3 is 0 Å². The number of para-hydroxylation sites is 1. The molecule has 2 nitrogen and oxygen atoms in total. The van der Waals surface area contributed by atoms with Gasteiger partial charge in [0.1, 0.15) is 0 Å². The van der Waals surface area contributed by atoms with E-state index < -0.39 is 0 Å². The van der Waals surface area contributed by atoms with Crippen LogP contribution in [0.1, 0.15) is 10.5 Å². The van der Waals surface area contributed by atoms with Crippen LogP contribution < -0.4 is 0 Å². The average molecular weight is 250 g/mol. The Kier molecular flexibility index (Phi) is 2.50. The number of hydrogen-bond donors (Lipinski definition) is 0. The van der Waals surface area contributed by atoms with E-state index in [0.29, 0.717) is 5.69 Å². The lowest BCUT2D eigenvalue weighted by atomic mass is 10.3. The summed E-state index contributed by atoms with van der Waals surface area (Å²) in [5.74, 6) is 0. The van der Waals surface area contributed by atoms with Crippen LogP contribution in [0.15, 0.2) is 47.1 Å². The van der Waals surface area contributed by atoms with Crippen molar-refractivity contribution in [1.29, 1.82) is 0 Å². The molecule has 0 fully saturated rings. The number of carbonyl (C=O) groups is 1. The molecule has 70 valence electrons. The van der Waals surface area contributed by atoms with E-state index in [1.807, 2.05) is 41.1 Å². The minimum atomic E-state index is 0.650. The molecule has 2 aromatic rings. The van der Waals surface area contributed by atoms with Crippen LogP contribution in [0, 0.1) is 0 Å². The molecule has 1 aromatic carbocycles. The van der Waals surface area contributed by atoms with Gasteiger partial charge in [0.25, 0.3) is 0 Å². The number of aromatic nitrogens is 1. The molecule has 0 aliphatic heterocycles. The quantitative estimate of drug-likeness (QED) is 0.751. The highest BCUT2D eigenvalue weighted by atomic mass is 79.9. The number of hydrogen-bond acceptors (Lipinski definition) is 1. The molecule has 0 atom stereocenters. The Labute approximate surface area is 90.3 Å². The predicted octanol–water partition coefficient (Wildman–Crippen LogP) is 3.05. The van der Waals surface area contributed by atoms with Crippen molar-refractivity contribution in [3.63, 3.8) is 0 Å². The molecule has 0 N–H and O–H groups in total. The first kappa shape index (κ1) is 9.21. The van der Waals surface area contributed by atoms with E-state index in [9.17, 15) is 4.79 Å². The number of rotatable bonds is 2. The van der Waals surface area contributed by atoms with E-state index in [2.05, 4.69) is 15.9 Å². The van der Waals surface area contributed by atoms with Crippen molar-refractivity contribution in [2.24, 2.45) is 0 Å². The molecule has 2 rings (SSSR count). The van der Waals surface area contributed by atoms with Crippen molar-refractivity contribution >= 4 is 22.2 Å². The van der Waals surface area contributed by atoms with Gasteiger partial charge in [-0.1, -0.05) is 12.1 Å². The van der Waals surface area contributed by atoms with Gasteiger partial charge in [0.05, 0.1) is 11.4 Å². The Morgan fingerprint density at radius 1 is 1.14 bits per heavy atom. The van der Waals surface area contributed by atoms with Crippen LogP contribution in [0.4, 0.5) is 0 Å². The van der Waals surface area contributed by atoms with E-state index in [1.54, 1.807) is 6.07 Å². The molecule has 0 saturated carbocycles. The maximum absolute atomic E-state index is 10.7. The van der Waals surface area contributed by atoms with Gasteiger partial charge in [0, 0.05) is 10.7 Å². The highest BCUT2D eigenvalue weighted by molar-refractivity contribution is 9.10. The smallest absolute Gasteiger partial charge is 0.166 e. The molecule has 0 saturated heterocycles. The molecule has 0 spiro atoms. The van der Waals surface area contributed by atoms with Gasteiger partial charge in [-0.15, -0.1) is 0 Å². The number of halogens is 1. The van der Waals surface area contributed by atoms with Gasteiger partial charge in [0.2, 0.25) is 0 Å². The molecule has 0 unspecified atom stereocenters. The van der Waals surface area contributed by atoms with E-state index in [4.69, 9.17) is 0 Å². The number of aldehydes is 1. The lowest BCUT2D eigenvalue weighted by Crippen LogP contribution is -1.97. The minimum absolute atomic E-state index is 0.650. The van der Waals surface area contributed by atoms with Crippen LogP contribution in [0.3, 0.4) is 0 Å². The number of nitrogens with zero attached hydrogens (tertiary/aromatic N) is 1. The van der Waals surface area contributed by atoms with Crippen LogP contribution in [0.25, 0.3) is 5.69 Å². The second kappa shape index (κ2) is 3.80. The van der Waals surface area contributed by atoms with E-state index in [-0.39, 0.29) is 0 Å². The normalized spacial score (nSPS) is 10.1. The standard InChI is InChI=1S/C11H8BrNO/c12-10-5-1-2-6-11(10)13-7-3-4-9(13)8-14/h1-8H. The maximum Gasteiger partial charge on any atom is 0.166 e.